The summed E-state index contributed by atoms with van der Waals surface area (Å²) in [6.07, 6.45) is 8.32. The Kier molecular flexibility index (Phi) is 31.5. The topological polar surface area (TPSA) is 366 Å². The fraction of sp³-hybridized carbons (Fsp3) is 0.484. The van der Waals surface area contributed by atoms with Crippen molar-refractivity contribution in [2.45, 2.75) is 141 Å². The number of ketones is 4. The smallest absolute Gasteiger partial charge is 0.255 e. The predicted octanol–water partition coefficient (Wildman–Crippen LogP) is 4.53. The molecule has 454 valence electrons. The minimum atomic E-state index is -0.822. The van der Waals surface area contributed by atoms with Gasteiger partial charge in [0.15, 0.2) is 17.3 Å². The van der Waals surface area contributed by atoms with Crippen LogP contribution in [0.15, 0.2) is 72.8 Å². The summed E-state index contributed by atoms with van der Waals surface area (Å²) < 4.78 is 21.4. The number of Topliss-reactive ketones (excluding diaryl/α,β-unsaturated/α-hetero) is 4. The Morgan fingerprint density at radius 1 is 0.422 bits per heavy atom. The zero-order valence-corrected chi connectivity index (χ0v) is 49.2. The van der Waals surface area contributed by atoms with Crippen molar-refractivity contribution < 1.29 is 57.3 Å². The highest BCUT2D eigenvalue weighted by Gasteiger charge is 2.27. The summed E-state index contributed by atoms with van der Waals surface area (Å²) in [5, 5.41) is 8.71. The quantitative estimate of drug-likeness (QED) is 0.0278. The van der Waals surface area contributed by atoms with E-state index in [1.165, 1.54) is 41.4 Å². The largest absolute Gasteiger partial charge is 0.496 e. The van der Waals surface area contributed by atoms with Crippen LogP contribution in [0.3, 0.4) is 0 Å². The first kappa shape index (κ1) is 69.7. The van der Waals surface area contributed by atoms with Gasteiger partial charge < -0.3 is 69.3 Å². The lowest BCUT2D eigenvalue weighted by Gasteiger charge is -2.20. The van der Waals surface area contributed by atoms with Crippen LogP contribution in [0.4, 0.5) is 0 Å². The van der Waals surface area contributed by atoms with E-state index in [9.17, 15) is 38.4 Å². The summed E-state index contributed by atoms with van der Waals surface area (Å²) in [6, 6.07) is 17.5. The highest BCUT2D eigenvalue weighted by atomic mass is 16.5. The lowest BCUT2D eigenvalue weighted by Crippen LogP contribution is -2.42. The molecule has 0 aliphatic heterocycles. The minimum absolute atomic E-state index is 0.0145. The van der Waals surface area contributed by atoms with Crippen molar-refractivity contribution in [2.75, 3.05) is 54.6 Å². The van der Waals surface area contributed by atoms with Gasteiger partial charge in [-0.25, -0.2) is 0 Å². The molecular weight excluding hydrogens is 1060 g/mol. The summed E-state index contributed by atoms with van der Waals surface area (Å²) in [4.78, 5) is 103. The average molecular weight is 1150 g/mol. The van der Waals surface area contributed by atoms with E-state index in [2.05, 4.69) is 16.0 Å². The lowest BCUT2D eigenvalue weighted by molar-refractivity contribution is -0.121. The number of ether oxygens (including phenoxy) is 4. The van der Waals surface area contributed by atoms with Crippen LogP contribution in [0.25, 0.3) is 0 Å². The van der Waals surface area contributed by atoms with E-state index in [4.69, 9.17) is 53.3 Å². The Morgan fingerprint density at radius 3 is 1.08 bits per heavy atom. The Morgan fingerprint density at radius 2 is 0.735 bits per heavy atom. The van der Waals surface area contributed by atoms with Gasteiger partial charge in [0, 0.05) is 31.7 Å². The molecule has 0 unspecified atom stereocenters. The molecule has 4 rings (SSSR count). The van der Waals surface area contributed by atoms with Gasteiger partial charge >= 0.3 is 0 Å². The summed E-state index contributed by atoms with van der Waals surface area (Å²) >= 11 is 0. The zero-order chi connectivity index (χ0) is 61.4. The van der Waals surface area contributed by atoms with Crippen LogP contribution in [-0.4, -0.2) is 126 Å². The summed E-state index contributed by atoms with van der Waals surface area (Å²) in [5.41, 5.74) is 37.4. The van der Waals surface area contributed by atoms with Gasteiger partial charge in [0.1, 0.15) is 28.8 Å². The maximum absolute atomic E-state index is 13.7. The molecule has 4 aromatic carbocycles. The van der Waals surface area contributed by atoms with Crippen molar-refractivity contribution in [3.63, 3.8) is 0 Å². The van der Waals surface area contributed by atoms with Crippen molar-refractivity contribution in [1.29, 1.82) is 0 Å². The van der Waals surface area contributed by atoms with E-state index in [0.717, 1.165) is 32.1 Å². The molecule has 15 N–H and O–H groups in total. The molecule has 0 bridgehead atoms. The molecule has 0 fully saturated rings. The standard InChI is InChI=1S/C36H56N6O6.C26H33N3O6/c1-24(10-4-7-17-37)41-35(45)27-21-26(14-16-33(27)47-2)23-32(44)30(12-6-9-19-39)42-36(46)28-20-25(13-15-34(28)48-3)22-31(43)29(40)11-5-8-18-38;1-16(30)12-17-7-10-24(35-3)20(14-17)26(33)29-21(6-4-5-11-27)22(31)15-18-8-9-23(34-2)19(13-18)25(28)32/h13-16,20-21,24,29-30H,4-12,17-19,22-23,37-40H2,1-3H3,(H,41,45)(H,42,46);7-10,13-14,21H,4-6,11-12,15,27H2,1-3H3,(H2,28,32)(H,29,33)/t24-,29+,30+;21-/m10/s1. The zero-order valence-electron chi connectivity index (χ0n) is 49.2. The average Bonchev–Trinajstić information content (AvgIpc) is 3.68. The SMILES string of the molecule is COc1ccc(CC(=O)[C@H](CCCCN)NC(=O)c2cc(CC(=O)[C@@H](N)CCCCN)ccc2OC)cc1C(=O)N[C@H](C)CCCCN.COc1ccc(CC(=O)[C@H](CCCCN)NC(=O)c2cc(CC(C)=O)ccc2OC)cc1C(N)=O. The van der Waals surface area contributed by atoms with Crippen LogP contribution in [0, 0.1) is 0 Å². The molecule has 0 spiro atoms. The predicted molar refractivity (Wildman–Crippen MR) is 320 cm³/mol. The number of nitrogens with one attached hydrogen (secondary N) is 3. The van der Waals surface area contributed by atoms with Gasteiger partial charge in [0.05, 0.1) is 68.8 Å². The first-order valence-corrected chi connectivity index (χ1v) is 28.3. The van der Waals surface area contributed by atoms with E-state index in [1.807, 2.05) is 6.92 Å². The molecule has 0 saturated heterocycles. The highest BCUT2D eigenvalue weighted by molar-refractivity contribution is 6.02. The molecule has 83 heavy (non-hydrogen) atoms. The van der Waals surface area contributed by atoms with Crippen molar-refractivity contribution >= 4 is 46.8 Å². The monoisotopic (exact) mass is 1150 g/mol. The normalized spacial score (nSPS) is 12.3. The number of hydrogen-bond donors (Lipinski definition) is 9. The van der Waals surface area contributed by atoms with E-state index >= 15 is 0 Å². The summed E-state index contributed by atoms with van der Waals surface area (Å²) in [5.74, 6) is -1.20. The van der Waals surface area contributed by atoms with Crippen molar-refractivity contribution in [3.05, 3.63) is 117 Å². The van der Waals surface area contributed by atoms with E-state index < -0.39 is 35.8 Å². The Labute approximate surface area is 488 Å². The van der Waals surface area contributed by atoms with Crippen LogP contribution in [0.2, 0.25) is 0 Å². The Balaban J connectivity index is 0.000000457. The number of hydrogen-bond acceptors (Lipinski definition) is 17. The minimum Gasteiger partial charge on any atom is -0.496 e. The van der Waals surface area contributed by atoms with Gasteiger partial charge in [-0.15, -0.1) is 0 Å². The van der Waals surface area contributed by atoms with Gasteiger partial charge in [0.25, 0.3) is 23.6 Å². The van der Waals surface area contributed by atoms with E-state index in [-0.39, 0.29) is 77.5 Å². The van der Waals surface area contributed by atoms with Gasteiger partial charge in [0.2, 0.25) is 0 Å². The fourth-order valence-corrected chi connectivity index (χ4v) is 9.18. The van der Waals surface area contributed by atoms with Crippen molar-refractivity contribution in [3.8, 4) is 23.0 Å². The van der Waals surface area contributed by atoms with Crippen molar-refractivity contribution in [2.24, 2.45) is 34.4 Å². The first-order valence-electron chi connectivity index (χ1n) is 28.3. The molecule has 21 nitrogen and oxygen atoms in total. The Hall–Kier alpha value is -7.56. The summed E-state index contributed by atoms with van der Waals surface area (Å²) in [7, 11) is 5.81. The molecule has 0 saturated carbocycles. The maximum Gasteiger partial charge on any atom is 0.255 e. The second kappa shape index (κ2) is 37.5. The van der Waals surface area contributed by atoms with Crippen molar-refractivity contribution in [1.82, 2.24) is 16.0 Å². The molecular formula is C62H89N9O12. The first-order chi connectivity index (χ1) is 39.8. The van der Waals surface area contributed by atoms with Gasteiger partial charge in [-0.1, -0.05) is 37.1 Å². The number of rotatable bonds is 38. The molecule has 4 aromatic rings. The van der Waals surface area contributed by atoms with Crippen LogP contribution < -0.4 is 69.3 Å². The number of unbranched alkanes of at least 4 members (excludes halogenated alkanes) is 4. The third-order valence-corrected chi connectivity index (χ3v) is 13.8. The highest BCUT2D eigenvalue weighted by Crippen LogP contribution is 2.26. The van der Waals surface area contributed by atoms with Crippen LogP contribution >= 0.6 is 0 Å². The number of benzene rings is 4. The lowest BCUT2D eigenvalue weighted by atomic mass is 9.96. The van der Waals surface area contributed by atoms with Crippen LogP contribution in [-0.2, 0) is 44.9 Å². The molecule has 0 aromatic heterocycles. The molecule has 0 aliphatic carbocycles. The number of carbonyl (C=O) groups excluding carboxylic acids is 8. The number of nitrogens with two attached hydrogens (primary N) is 6. The van der Waals surface area contributed by atoms with Gasteiger partial charge in [-0.05, 0) is 175 Å². The van der Waals surface area contributed by atoms with Crippen LogP contribution in [0.1, 0.15) is 155 Å². The number of methoxy groups -OCH3 is 4. The van der Waals surface area contributed by atoms with E-state index in [0.29, 0.717) is 122 Å². The second-order valence-corrected chi connectivity index (χ2v) is 20.5. The molecule has 21 heteroatoms. The number of amides is 4. The molecule has 0 radical (unpaired) electrons. The number of carbonyl (C=O) groups is 8. The summed E-state index contributed by atoms with van der Waals surface area (Å²) in [6.45, 7) is 5.47. The Bertz CT molecular complexity index is 2790. The molecule has 4 atom stereocenters. The molecule has 0 aliphatic rings. The van der Waals surface area contributed by atoms with Crippen LogP contribution in [0.5, 0.6) is 23.0 Å². The second-order valence-electron chi connectivity index (χ2n) is 20.5. The maximum atomic E-state index is 13.7. The van der Waals surface area contributed by atoms with E-state index in [1.54, 1.807) is 66.7 Å². The van der Waals surface area contributed by atoms with Gasteiger partial charge in [-0.2, -0.15) is 0 Å². The fourth-order valence-electron chi connectivity index (χ4n) is 9.18. The third kappa shape index (κ3) is 23.7. The third-order valence-electron chi connectivity index (χ3n) is 13.8. The molecule has 4 amide bonds. The number of primary amides is 1. The van der Waals surface area contributed by atoms with Gasteiger partial charge in [-0.3, -0.25) is 38.4 Å². The molecule has 0 heterocycles.